The standard InChI is InChI=1S/C23H20F4N4O2/c1-14(32)31(13-21(25)26)20-7-5-16(11-18(20)24)19-6-4-17(12-30-19)23(33)29-10-8-15-3-2-9-28-22(15)27/h2-7,9,11-12,21H,8,10,13H2,1H3,(H,29,33). The van der Waals surface area contributed by atoms with Crippen LogP contribution in [0.3, 0.4) is 0 Å². The maximum Gasteiger partial charge on any atom is 0.256 e. The Balaban J connectivity index is 1.66. The third-order valence-corrected chi connectivity index (χ3v) is 4.78. The summed E-state index contributed by atoms with van der Waals surface area (Å²) in [4.78, 5) is 32.3. The van der Waals surface area contributed by atoms with Crippen LogP contribution in [0.2, 0.25) is 0 Å². The van der Waals surface area contributed by atoms with Gasteiger partial charge in [-0.15, -0.1) is 0 Å². The highest BCUT2D eigenvalue weighted by Crippen LogP contribution is 2.26. The third kappa shape index (κ3) is 6.12. The number of hydrogen-bond acceptors (Lipinski definition) is 4. The van der Waals surface area contributed by atoms with Crippen LogP contribution >= 0.6 is 0 Å². The molecule has 0 aliphatic carbocycles. The minimum absolute atomic E-state index is 0.196. The van der Waals surface area contributed by atoms with E-state index in [0.717, 1.165) is 13.0 Å². The summed E-state index contributed by atoms with van der Waals surface area (Å²) in [6.45, 7) is 0.358. The van der Waals surface area contributed by atoms with Gasteiger partial charge in [-0.3, -0.25) is 14.6 Å². The number of nitrogens with zero attached hydrogens (tertiary/aromatic N) is 3. The van der Waals surface area contributed by atoms with Crippen LogP contribution in [-0.2, 0) is 11.2 Å². The summed E-state index contributed by atoms with van der Waals surface area (Å²) in [7, 11) is 0. The molecule has 0 saturated carbocycles. The van der Waals surface area contributed by atoms with Crippen molar-refractivity contribution < 1.29 is 27.2 Å². The number of rotatable bonds is 8. The van der Waals surface area contributed by atoms with Crippen molar-refractivity contribution in [3.05, 3.63) is 77.8 Å². The largest absolute Gasteiger partial charge is 0.352 e. The zero-order valence-electron chi connectivity index (χ0n) is 17.6. The molecule has 1 aromatic carbocycles. The van der Waals surface area contributed by atoms with E-state index in [0.29, 0.717) is 21.7 Å². The molecule has 0 aliphatic heterocycles. The topological polar surface area (TPSA) is 75.2 Å². The smallest absolute Gasteiger partial charge is 0.256 e. The highest BCUT2D eigenvalue weighted by atomic mass is 19.3. The summed E-state index contributed by atoms with van der Waals surface area (Å²) in [5.74, 6) is -2.56. The molecule has 0 unspecified atom stereocenters. The molecule has 172 valence electrons. The molecule has 0 atom stereocenters. The van der Waals surface area contributed by atoms with Gasteiger partial charge in [-0.1, -0.05) is 12.1 Å². The van der Waals surface area contributed by atoms with Gasteiger partial charge in [-0.25, -0.2) is 18.2 Å². The number of anilines is 1. The van der Waals surface area contributed by atoms with Crippen molar-refractivity contribution in [2.45, 2.75) is 19.8 Å². The number of aromatic nitrogens is 2. The Morgan fingerprint density at radius 1 is 1.09 bits per heavy atom. The summed E-state index contributed by atoms with van der Waals surface area (Å²) in [6.07, 6.45) is 0.106. The van der Waals surface area contributed by atoms with Crippen LogP contribution < -0.4 is 10.2 Å². The van der Waals surface area contributed by atoms with E-state index in [1.54, 1.807) is 12.1 Å². The fourth-order valence-electron chi connectivity index (χ4n) is 3.14. The molecule has 33 heavy (non-hydrogen) atoms. The highest BCUT2D eigenvalue weighted by molar-refractivity contribution is 5.94. The second kappa shape index (κ2) is 10.7. The Morgan fingerprint density at radius 3 is 2.48 bits per heavy atom. The number of amides is 2. The van der Waals surface area contributed by atoms with Crippen molar-refractivity contribution in [3.63, 3.8) is 0 Å². The lowest BCUT2D eigenvalue weighted by molar-refractivity contribution is -0.117. The Labute approximate surface area is 187 Å². The molecule has 10 heteroatoms. The van der Waals surface area contributed by atoms with Crippen molar-refractivity contribution in [1.82, 2.24) is 15.3 Å². The molecule has 0 spiro atoms. The number of hydrogen-bond donors (Lipinski definition) is 1. The predicted molar refractivity (Wildman–Crippen MR) is 114 cm³/mol. The SMILES string of the molecule is CC(=O)N(CC(F)F)c1ccc(-c2ccc(C(=O)NCCc3cccnc3F)cn2)cc1F. The molecule has 1 N–H and O–H groups in total. The number of alkyl halides is 2. The first-order valence-corrected chi connectivity index (χ1v) is 9.96. The van der Waals surface area contributed by atoms with Gasteiger partial charge in [0.05, 0.1) is 23.5 Å². The number of pyridine rings is 2. The fraction of sp³-hybridized carbons (Fsp3) is 0.217. The Morgan fingerprint density at radius 2 is 1.88 bits per heavy atom. The van der Waals surface area contributed by atoms with Gasteiger partial charge in [0.15, 0.2) is 0 Å². The number of halogens is 4. The van der Waals surface area contributed by atoms with E-state index in [2.05, 4.69) is 15.3 Å². The summed E-state index contributed by atoms with van der Waals surface area (Å²) in [5.41, 5.74) is 1.07. The lowest BCUT2D eigenvalue weighted by Crippen LogP contribution is -2.33. The normalized spacial score (nSPS) is 10.8. The lowest BCUT2D eigenvalue weighted by atomic mass is 10.1. The minimum Gasteiger partial charge on any atom is -0.352 e. The summed E-state index contributed by atoms with van der Waals surface area (Å²) < 4.78 is 53.5. The molecule has 3 rings (SSSR count). The second-order valence-electron chi connectivity index (χ2n) is 7.08. The zero-order valence-corrected chi connectivity index (χ0v) is 17.6. The molecule has 0 saturated heterocycles. The Hall–Kier alpha value is -3.82. The molecule has 0 aliphatic rings. The second-order valence-corrected chi connectivity index (χ2v) is 7.08. The van der Waals surface area contributed by atoms with E-state index >= 15 is 0 Å². The molecule has 2 aromatic heterocycles. The monoisotopic (exact) mass is 460 g/mol. The zero-order chi connectivity index (χ0) is 24.0. The van der Waals surface area contributed by atoms with E-state index in [4.69, 9.17) is 0 Å². The maximum absolute atomic E-state index is 14.6. The number of benzene rings is 1. The van der Waals surface area contributed by atoms with Crippen LogP contribution in [0, 0.1) is 11.8 Å². The van der Waals surface area contributed by atoms with Gasteiger partial charge in [0.25, 0.3) is 12.3 Å². The van der Waals surface area contributed by atoms with Crippen molar-refractivity contribution >= 4 is 17.5 Å². The number of carbonyl (C=O) groups is 2. The van der Waals surface area contributed by atoms with Gasteiger partial charge >= 0.3 is 0 Å². The minimum atomic E-state index is -2.81. The van der Waals surface area contributed by atoms with Gasteiger partial charge < -0.3 is 10.2 Å². The highest BCUT2D eigenvalue weighted by Gasteiger charge is 2.20. The first-order chi connectivity index (χ1) is 15.8. The van der Waals surface area contributed by atoms with Crippen LogP contribution in [-0.4, -0.2) is 41.3 Å². The first kappa shape index (κ1) is 23.8. The first-order valence-electron chi connectivity index (χ1n) is 9.96. The average molecular weight is 460 g/mol. The van der Waals surface area contributed by atoms with Crippen LogP contribution in [0.5, 0.6) is 0 Å². The van der Waals surface area contributed by atoms with Crippen LogP contribution in [0.15, 0.2) is 54.9 Å². The van der Waals surface area contributed by atoms with Crippen molar-refractivity contribution in [1.29, 1.82) is 0 Å². The van der Waals surface area contributed by atoms with Crippen molar-refractivity contribution in [2.24, 2.45) is 0 Å². The van der Waals surface area contributed by atoms with Crippen LogP contribution in [0.25, 0.3) is 11.3 Å². The van der Waals surface area contributed by atoms with E-state index < -0.39 is 36.5 Å². The predicted octanol–water partition coefficient (Wildman–Crippen LogP) is 4.01. The molecule has 0 bridgehead atoms. The summed E-state index contributed by atoms with van der Waals surface area (Å²) in [6, 6.07) is 9.95. The average Bonchev–Trinajstić information content (AvgIpc) is 2.78. The van der Waals surface area contributed by atoms with E-state index in [-0.39, 0.29) is 24.2 Å². The molecule has 0 fully saturated rings. The fourth-order valence-corrected chi connectivity index (χ4v) is 3.14. The van der Waals surface area contributed by atoms with Gasteiger partial charge in [0.1, 0.15) is 5.82 Å². The lowest BCUT2D eigenvalue weighted by Gasteiger charge is -2.21. The van der Waals surface area contributed by atoms with E-state index in [1.807, 2.05) is 0 Å². The molecule has 2 heterocycles. The Bertz CT molecular complexity index is 1140. The van der Waals surface area contributed by atoms with Gasteiger partial charge in [0, 0.05) is 37.0 Å². The number of carbonyl (C=O) groups excluding carboxylic acids is 2. The van der Waals surface area contributed by atoms with Gasteiger partial charge in [-0.05, 0) is 36.8 Å². The van der Waals surface area contributed by atoms with Gasteiger partial charge in [0.2, 0.25) is 11.9 Å². The van der Waals surface area contributed by atoms with E-state index in [1.165, 1.54) is 36.7 Å². The quantitative estimate of drug-likeness (QED) is 0.407. The van der Waals surface area contributed by atoms with Gasteiger partial charge in [-0.2, -0.15) is 4.39 Å². The van der Waals surface area contributed by atoms with Crippen LogP contribution in [0.1, 0.15) is 22.8 Å². The number of nitrogens with one attached hydrogen (secondary N) is 1. The Kier molecular flexibility index (Phi) is 7.70. The maximum atomic E-state index is 14.6. The van der Waals surface area contributed by atoms with Crippen molar-refractivity contribution in [3.8, 4) is 11.3 Å². The third-order valence-electron chi connectivity index (χ3n) is 4.78. The van der Waals surface area contributed by atoms with E-state index in [9.17, 15) is 27.2 Å². The summed E-state index contributed by atoms with van der Waals surface area (Å²) >= 11 is 0. The van der Waals surface area contributed by atoms with Crippen molar-refractivity contribution in [2.75, 3.05) is 18.0 Å². The molecular weight excluding hydrogens is 440 g/mol. The molecular formula is C23H20F4N4O2. The molecule has 6 nitrogen and oxygen atoms in total. The molecule has 3 aromatic rings. The summed E-state index contributed by atoms with van der Waals surface area (Å²) in [5, 5.41) is 2.66. The molecule has 2 amide bonds. The van der Waals surface area contributed by atoms with Crippen LogP contribution in [0.4, 0.5) is 23.2 Å². The molecule has 0 radical (unpaired) electrons.